The molecule has 4 nitrogen and oxygen atoms in total. The maximum atomic E-state index is 13.1. The minimum atomic E-state index is -0.515. The molecule has 0 fully saturated rings. The van der Waals surface area contributed by atoms with Gasteiger partial charge in [0, 0.05) is 12.0 Å². The standard InChI is InChI=1S/C15H15BrClFN2O2/c1-21-13-6-9(2-3-11(13)17)15-19-14(16)12-4-5-22-10(7-18)8-20(12)15/h2-3,6,10H,4-5,7-8H2,1H3. The zero-order valence-corrected chi connectivity index (χ0v) is 14.3. The minimum Gasteiger partial charge on any atom is -0.495 e. The number of halogens is 3. The van der Waals surface area contributed by atoms with Gasteiger partial charge in [0.25, 0.3) is 0 Å². The van der Waals surface area contributed by atoms with Crippen LogP contribution in [0.3, 0.4) is 0 Å². The third-order valence-electron chi connectivity index (χ3n) is 3.68. The molecule has 1 aliphatic rings. The highest BCUT2D eigenvalue weighted by molar-refractivity contribution is 9.10. The molecule has 2 aromatic rings. The van der Waals surface area contributed by atoms with Gasteiger partial charge in [-0.05, 0) is 34.1 Å². The molecule has 0 amide bonds. The average molecular weight is 390 g/mol. The normalized spacial score (nSPS) is 17.9. The number of nitrogens with zero attached hydrogens (tertiary/aromatic N) is 2. The van der Waals surface area contributed by atoms with E-state index in [-0.39, 0.29) is 0 Å². The number of hydrogen-bond donors (Lipinski definition) is 0. The number of imidazole rings is 1. The Morgan fingerprint density at radius 3 is 3.09 bits per heavy atom. The summed E-state index contributed by atoms with van der Waals surface area (Å²) in [6, 6.07) is 5.48. The van der Waals surface area contributed by atoms with Crippen molar-refractivity contribution >= 4 is 27.5 Å². The Morgan fingerprint density at radius 2 is 2.36 bits per heavy atom. The van der Waals surface area contributed by atoms with Crippen molar-refractivity contribution in [3.63, 3.8) is 0 Å². The van der Waals surface area contributed by atoms with Crippen molar-refractivity contribution in [3.05, 3.63) is 33.5 Å². The van der Waals surface area contributed by atoms with Gasteiger partial charge in [0.05, 0.1) is 31.0 Å². The summed E-state index contributed by atoms with van der Waals surface area (Å²) in [5, 5.41) is 0.540. The second kappa shape index (κ2) is 6.56. The van der Waals surface area contributed by atoms with Gasteiger partial charge in [0.15, 0.2) is 0 Å². The van der Waals surface area contributed by atoms with Crippen LogP contribution in [0.15, 0.2) is 22.8 Å². The van der Waals surface area contributed by atoms with Gasteiger partial charge in [0.1, 0.15) is 29.0 Å². The number of aromatic nitrogens is 2. The first kappa shape index (κ1) is 15.8. The summed E-state index contributed by atoms with van der Waals surface area (Å²) in [6.07, 6.45) is 0.240. The molecule has 0 saturated heterocycles. The summed E-state index contributed by atoms with van der Waals surface area (Å²) in [5.74, 6) is 1.33. The molecule has 0 saturated carbocycles. The molecule has 118 valence electrons. The van der Waals surface area contributed by atoms with Crippen molar-refractivity contribution in [1.82, 2.24) is 9.55 Å². The van der Waals surface area contributed by atoms with E-state index in [1.54, 1.807) is 13.2 Å². The van der Waals surface area contributed by atoms with E-state index in [4.69, 9.17) is 21.1 Å². The molecule has 0 bridgehead atoms. The molecule has 2 heterocycles. The van der Waals surface area contributed by atoms with Crippen LogP contribution in [0.25, 0.3) is 11.4 Å². The van der Waals surface area contributed by atoms with E-state index in [2.05, 4.69) is 20.9 Å². The van der Waals surface area contributed by atoms with Crippen LogP contribution in [0.4, 0.5) is 4.39 Å². The Hall–Kier alpha value is -1.11. The molecular weight excluding hydrogens is 375 g/mol. The molecule has 7 heteroatoms. The van der Waals surface area contributed by atoms with Crippen molar-refractivity contribution < 1.29 is 13.9 Å². The smallest absolute Gasteiger partial charge is 0.141 e. The van der Waals surface area contributed by atoms with Crippen LogP contribution in [0.1, 0.15) is 5.69 Å². The van der Waals surface area contributed by atoms with Crippen molar-refractivity contribution in [2.45, 2.75) is 19.1 Å². The molecule has 1 aliphatic heterocycles. The summed E-state index contributed by atoms with van der Waals surface area (Å²) in [6.45, 7) is 0.408. The van der Waals surface area contributed by atoms with Crippen LogP contribution in [0, 0.1) is 0 Å². The maximum absolute atomic E-state index is 13.1. The van der Waals surface area contributed by atoms with Crippen LogP contribution >= 0.6 is 27.5 Å². The molecule has 0 spiro atoms. The van der Waals surface area contributed by atoms with Gasteiger partial charge >= 0.3 is 0 Å². The van der Waals surface area contributed by atoms with Crippen molar-refractivity contribution in [1.29, 1.82) is 0 Å². The second-order valence-electron chi connectivity index (χ2n) is 5.03. The van der Waals surface area contributed by atoms with Gasteiger partial charge in [-0.3, -0.25) is 0 Å². The molecule has 1 aromatic heterocycles. The predicted molar refractivity (Wildman–Crippen MR) is 86.3 cm³/mol. The fourth-order valence-corrected chi connectivity index (χ4v) is 3.36. The van der Waals surface area contributed by atoms with Gasteiger partial charge < -0.3 is 14.0 Å². The average Bonchev–Trinajstić information content (AvgIpc) is 2.72. The lowest BCUT2D eigenvalue weighted by Crippen LogP contribution is -2.21. The van der Waals surface area contributed by atoms with E-state index in [1.807, 2.05) is 16.7 Å². The number of hydrogen-bond acceptors (Lipinski definition) is 3. The molecule has 1 unspecified atom stereocenters. The fourth-order valence-electron chi connectivity index (χ4n) is 2.58. The van der Waals surface area contributed by atoms with E-state index in [9.17, 15) is 4.39 Å². The predicted octanol–water partition coefficient (Wildman–Crippen LogP) is 3.89. The molecule has 1 atom stereocenters. The quantitative estimate of drug-likeness (QED) is 0.799. The van der Waals surface area contributed by atoms with Gasteiger partial charge in [0.2, 0.25) is 0 Å². The van der Waals surface area contributed by atoms with E-state index in [0.717, 1.165) is 21.7 Å². The van der Waals surface area contributed by atoms with Gasteiger partial charge in [-0.2, -0.15) is 0 Å². The molecule has 1 aromatic carbocycles. The zero-order valence-electron chi connectivity index (χ0n) is 12.0. The molecular formula is C15H15BrClFN2O2. The summed E-state index contributed by atoms with van der Waals surface area (Å²) < 4.78 is 26.6. The Bertz CT molecular complexity index is 692. The first-order valence-corrected chi connectivity index (χ1v) is 8.07. The molecule has 0 N–H and O–H groups in total. The first-order valence-electron chi connectivity index (χ1n) is 6.90. The van der Waals surface area contributed by atoms with Gasteiger partial charge in [-0.1, -0.05) is 11.6 Å². The number of fused-ring (bicyclic) bond motifs is 1. The number of alkyl halides is 1. The highest BCUT2D eigenvalue weighted by Crippen LogP contribution is 2.33. The Balaban J connectivity index is 2.08. The van der Waals surface area contributed by atoms with E-state index < -0.39 is 12.8 Å². The number of rotatable bonds is 3. The first-order chi connectivity index (χ1) is 10.6. The van der Waals surface area contributed by atoms with Crippen molar-refractivity contribution in [3.8, 4) is 17.1 Å². The Morgan fingerprint density at radius 1 is 1.55 bits per heavy atom. The number of benzene rings is 1. The second-order valence-corrected chi connectivity index (χ2v) is 6.19. The molecule has 0 aliphatic carbocycles. The summed E-state index contributed by atoms with van der Waals surface area (Å²) in [4.78, 5) is 4.58. The minimum absolute atomic E-state index is 0.435. The third kappa shape index (κ3) is 2.87. The Kier molecular flexibility index (Phi) is 4.70. The lowest BCUT2D eigenvalue weighted by atomic mass is 10.2. The summed E-state index contributed by atoms with van der Waals surface area (Å²) in [5.41, 5.74) is 1.88. The van der Waals surface area contributed by atoms with Crippen LogP contribution in [0.5, 0.6) is 5.75 Å². The third-order valence-corrected chi connectivity index (χ3v) is 4.63. The largest absolute Gasteiger partial charge is 0.495 e. The zero-order chi connectivity index (χ0) is 15.7. The van der Waals surface area contributed by atoms with E-state index in [1.165, 1.54) is 0 Å². The van der Waals surface area contributed by atoms with Gasteiger partial charge in [-0.15, -0.1) is 0 Å². The van der Waals surface area contributed by atoms with E-state index in [0.29, 0.717) is 30.3 Å². The summed E-state index contributed by atoms with van der Waals surface area (Å²) >= 11 is 9.56. The van der Waals surface area contributed by atoms with Crippen molar-refractivity contribution in [2.24, 2.45) is 0 Å². The maximum Gasteiger partial charge on any atom is 0.141 e. The number of ether oxygens (including phenoxy) is 2. The van der Waals surface area contributed by atoms with Crippen LogP contribution in [0.2, 0.25) is 5.02 Å². The molecule has 3 rings (SSSR count). The Labute approximate surface area is 141 Å². The monoisotopic (exact) mass is 388 g/mol. The number of methoxy groups -OCH3 is 1. The van der Waals surface area contributed by atoms with Gasteiger partial charge in [-0.25, -0.2) is 9.37 Å². The lowest BCUT2D eigenvalue weighted by molar-refractivity contribution is 0.0355. The van der Waals surface area contributed by atoms with E-state index >= 15 is 0 Å². The lowest BCUT2D eigenvalue weighted by Gasteiger charge is -2.14. The van der Waals surface area contributed by atoms with Crippen LogP contribution < -0.4 is 4.74 Å². The SMILES string of the molecule is COc1cc(-c2nc(Br)c3n2CC(CF)OCC3)ccc1Cl. The topological polar surface area (TPSA) is 36.3 Å². The highest BCUT2D eigenvalue weighted by atomic mass is 79.9. The van der Waals surface area contributed by atoms with Crippen LogP contribution in [-0.2, 0) is 17.7 Å². The van der Waals surface area contributed by atoms with Crippen molar-refractivity contribution in [2.75, 3.05) is 20.4 Å². The molecule has 0 radical (unpaired) electrons. The fraction of sp³-hybridized carbons (Fsp3) is 0.400. The summed E-state index contributed by atoms with van der Waals surface area (Å²) in [7, 11) is 1.57. The highest BCUT2D eigenvalue weighted by Gasteiger charge is 2.24. The van der Waals surface area contributed by atoms with Crippen LogP contribution in [-0.4, -0.2) is 36.0 Å². The molecule has 22 heavy (non-hydrogen) atoms.